The Morgan fingerprint density at radius 2 is 1.20 bits per heavy atom. The van der Waals surface area contributed by atoms with Crippen LogP contribution in [0.3, 0.4) is 0 Å². The van der Waals surface area contributed by atoms with Crippen LogP contribution in [0.5, 0.6) is 0 Å². The van der Waals surface area contributed by atoms with Gasteiger partial charge in [-0.2, -0.15) is 0 Å². The Morgan fingerprint density at radius 3 is 1.60 bits per heavy atom. The van der Waals surface area contributed by atoms with E-state index in [1.165, 1.54) is 57.8 Å². The Balaban J connectivity index is 1.82. The van der Waals surface area contributed by atoms with Crippen molar-refractivity contribution >= 4 is 0 Å². The maximum Gasteiger partial charge on any atom is -0.0297 e. The molecule has 0 aromatic rings. The van der Waals surface area contributed by atoms with Crippen molar-refractivity contribution in [1.29, 1.82) is 0 Å². The van der Waals surface area contributed by atoms with Gasteiger partial charge in [0.25, 0.3) is 0 Å². The van der Waals surface area contributed by atoms with Crippen LogP contribution in [0.4, 0.5) is 0 Å². The molecule has 0 unspecified atom stereocenters. The molecule has 118 valence electrons. The van der Waals surface area contributed by atoms with E-state index in [-0.39, 0.29) is 0 Å². The summed E-state index contributed by atoms with van der Waals surface area (Å²) < 4.78 is 0. The topological polar surface area (TPSA) is 0 Å². The molecule has 20 heavy (non-hydrogen) atoms. The molecule has 0 N–H and O–H groups in total. The van der Waals surface area contributed by atoms with Gasteiger partial charge in [0.2, 0.25) is 0 Å². The van der Waals surface area contributed by atoms with Crippen molar-refractivity contribution < 1.29 is 0 Å². The highest BCUT2D eigenvalue weighted by Crippen LogP contribution is 2.53. The fraction of sp³-hybridized carbons (Fsp3) is 1.00. The minimum atomic E-state index is 0.527. The fourth-order valence-corrected chi connectivity index (χ4v) is 4.96. The SMILES string of the molecule is CC(C)(C)CC1CCC2(CC1)CCC(C(C)(C)C)CC2. The molecule has 0 bridgehead atoms. The van der Waals surface area contributed by atoms with Crippen molar-refractivity contribution in [2.75, 3.05) is 0 Å². The number of hydrogen-bond donors (Lipinski definition) is 0. The summed E-state index contributed by atoms with van der Waals surface area (Å²) in [6.07, 6.45) is 13.6. The van der Waals surface area contributed by atoms with Crippen molar-refractivity contribution in [3.05, 3.63) is 0 Å². The van der Waals surface area contributed by atoms with E-state index in [0.717, 1.165) is 17.3 Å². The third-order valence-electron chi connectivity index (χ3n) is 6.34. The lowest BCUT2D eigenvalue weighted by Gasteiger charge is -2.48. The number of hydrogen-bond acceptors (Lipinski definition) is 0. The first-order valence-electron chi connectivity index (χ1n) is 9.10. The van der Waals surface area contributed by atoms with Gasteiger partial charge < -0.3 is 0 Å². The van der Waals surface area contributed by atoms with Crippen molar-refractivity contribution in [2.24, 2.45) is 28.1 Å². The van der Waals surface area contributed by atoms with Crippen LogP contribution in [-0.2, 0) is 0 Å². The Labute approximate surface area is 128 Å². The summed E-state index contributed by atoms with van der Waals surface area (Å²) in [6.45, 7) is 14.5. The van der Waals surface area contributed by atoms with Crippen LogP contribution in [-0.4, -0.2) is 0 Å². The molecule has 0 heterocycles. The van der Waals surface area contributed by atoms with Gasteiger partial charge in [-0.25, -0.2) is 0 Å². The first-order chi connectivity index (χ1) is 9.10. The quantitative estimate of drug-likeness (QED) is 0.493. The van der Waals surface area contributed by atoms with Crippen LogP contribution in [0.2, 0.25) is 0 Å². The van der Waals surface area contributed by atoms with E-state index in [1.807, 2.05) is 0 Å². The first-order valence-corrected chi connectivity index (χ1v) is 9.10. The Morgan fingerprint density at radius 1 is 0.750 bits per heavy atom. The zero-order chi connectivity index (χ0) is 15.0. The summed E-state index contributed by atoms with van der Waals surface area (Å²) in [4.78, 5) is 0. The normalized spacial score (nSPS) is 36.3. The highest BCUT2D eigenvalue weighted by atomic mass is 14.5. The standard InChI is InChI=1S/C20H38/c1-18(2,3)15-16-7-11-20(12-8-16)13-9-17(10-14-20)19(4,5)6/h16-17H,7-15H2,1-6H3. The van der Waals surface area contributed by atoms with Gasteiger partial charge in [-0.05, 0) is 85.9 Å². The second-order valence-electron chi connectivity index (χ2n) is 10.3. The molecule has 2 aliphatic carbocycles. The summed E-state index contributed by atoms with van der Waals surface area (Å²) >= 11 is 0. The van der Waals surface area contributed by atoms with E-state index >= 15 is 0 Å². The second-order valence-corrected chi connectivity index (χ2v) is 10.3. The van der Waals surface area contributed by atoms with Crippen LogP contribution in [0.25, 0.3) is 0 Å². The Hall–Kier alpha value is 0. The molecule has 0 nitrogen and oxygen atoms in total. The maximum absolute atomic E-state index is 2.44. The van der Waals surface area contributed by atoms with E-state index in [9.17, 15) is 0 Å². The van der Waals surface area contributed by atoms with Crippen molar-refractivity contribution in [3.63, 3.8) is 0 Å². The van der Waals surface area contributed by atoms with E-state index in [1.54, 1.807) is 0 Å². The predicted molar refractivity (Wildman–Crippen MR) is 89.9 cm³/mol. The van der Waals surface area contributed by atoms with Crippen LogP contribution in [0.1, 0.15) is 99.3 Å². The molecule has 2 rings (SSSR count). The molecular weight excluding hydrogens is 240 g/mol. The molecule has 2 fully saturated rings. The predicted octanol–water partition coefficient (Wildman–Crippen LogP) is 6.84. The molecule has 0 atom stereocenters. The van der Waals surface area contributed by atoms with Gasteiger partial charge in [-0.1, -0.05) is 41.5 Å². The number of rotatable bonds is 1. The highest BCUT2D eigenvalue weighted by molar-refractivity contribution is 4.92. The Kier molecular flexibility index (Phi) is 4.63. The monoisotopic (exact) mass is 278 g/mol. The molecule has 0 aromatic carbocycles. The lowest BCUT2D eigenvalue weighted by Crippen LogP contribution is -2.35. The first kappa shape index (κ1) is 16.4. The molecule has 2 aliphatic rings. The molecule has 1 spiro atoms. The Bertz CT molecular complexity index is 294. The largest absolute Gasteiger partial charge is 0.0602 e. The lowest BCUT2D eigenvalue weighted by atomic mass is 9.58. The van der Waals surface area contributed by atoms with Gasteiger partial charge in [-0.15, -0.1) is 0 Å². The maximum atomic E-state index is 2.44. The summed E-state index contributed by atoms with van der Waals surface area (Å²) in [6, 6.07) is 0. The molecule has 0 aliphatic heterocycles. The molecule has 0 heteroatoms. The van der Waals surface area contributed by atoms with E-state index in [2.05, 4.69) is 41.5 Å². The molecular formula is C20H38. The van der Waals surface area contributed by atoms with Gasteiger partial charge >= 0.3 is 0 Å². The van der Waals surface area contributed by atoms with Gasteiger partial charge in [0.1, 0.15) is 0 Å². The van der Waals surface area contributed by atoms with Gasteiger partial charge in [0.15, 0.2) is 0 Å². The summed E-state index contributed by atoms with van der Waals surface area (Å²) in [5, 5.41) is 0. The summed E-state index contributed by atoms with van der Waals surface area (Å²) in [5.41, 5.74) is 1.82. The zero-order valence-electron chi connectivity index (χ0n) is 15.0. The van der Waals surface area contributed by atoms with Gasteiger partial charge in [0, 0.05) is 0 Å². The summed E-state index contributed by atoms with van der Waals surface area (Å²) in [7, 11) is 0. The zero-order valence-corrected chi connectivity index (χ0v) is 15.0. The summed E-state index contributed by atoms with van der Waals surface area (Å²) in [5.74, 6) is 1.99. The highest BCUT2D eigenvalue weighted by Gasteiger charge is 2.41. The van der Waals surface area contributed by atoms with Crippen LogP contribution < -0.4 is 0 Å². The molecule has 0 amide bonds. The molecule has 0 aromatic heterocycles. The van der Waals surface area contributed by atoms with Crippen LogP contribution in [0.15, 0.2) is 0 Å². The van der Waals surface area contributed by atoms with E-state index in [4.69, 9.17) is 0 Å². The van der Waals surface area contributed by atoms with Crippen LogP contribution in [0, 0.1) is 28.1 Å². The van der Waals surface area contributed by atoms with Crippen molar-refractivity contribution in [2.45, 2.75) is 99.3 Å². The average molecular weight is 279 g/mol. The second kappa shape index (κ2) is 5.65. The third-order valence-corrected chi connectivity index (χ3v) is 6.34. The fourth-order valence-electron chi connectivity index (χ4n) is 4.96. The average Bonchev–Trinajstić information content (AvgIpc) is 2.30. The molecule has 0 saturated heterocycles. The van der Waals surface area contributed by atoms with Gasteiger partial charge in [-0.3, -0.25) is 0 Å². The molecule has 2 saturated carbocycles. The minimum absolute atomic E-state index is 0.527. The van der Waals surface area contributed by atoms with Crippen molar-refractivity contribution in [3.8, 4) is 0 Å². The third kappa shape index (κ3) is 4.25. The smallest absolute Gasteiger partial charge is 0.0297 e. The minimum Gasteiger partial charge on any atom is -0.0602 e. The van der Waals surface area contributed by atoms with E-state index in [0.29, 0.717) is 10.8 Å². The molecule has 0 radical (unpaired) electrons. The van der Waals surface area contributed by atoms with Gasteiger partial charge in [0.05, 0.1) is 0 Å². The van der Waals surface area contributed by atoms with Crippen molar-refractivity contribution in [1.82, 2.24) is 0 Å². The van der Waals surface area contributed by atoms with Crippen LogP contribution >= 0.6 is 0 Å². The lowest BCUT2D eigenvalue weighted by molar-refractivity contribution is 0.0373. The van der Waals surface area contributed by atoms with E-state index < -0.39 is 0 Å².